The number of anilines is 4. The molecule has 2 aromatic carbocycles. The molecule has 6 heterocycles. The lowest BCUT2D eigenvalue weighted by atomic mass is 9.96. The highest BCUT2D eigenvalue weighted by Gasteiger charge is 2.45. The number of piperidine rings is 2. The molecule has 6 amide bonds. The Bertz CT molecular complexity index is 2130. The maximum Gasteiger partial charge on any atom is 0.322 e. The summed E-state index contributed by atoms with van der Waals surface area (Å²) < 4.78 is 0. The number of carbonyl (C=O) groups is 5. The van der Waals surface area contributed by atoms with Crippen LogP contribution in [0.4, 0.5) is 33.4 Å². The van der Waals surface area contributed by atoms with E-state index in [1.54, 1.807) is 24.4 Å². The topological polar surface area (TPSA) is 146 Å². The predicted octanol–water partition coefficient (Wildman–Crippen LogP) is 4.47. The van der Waals surface area contributed by atoms with Crippen LogP contribution in [0.2, 0.25) is 5.02 Å². The highest BCUT2D eigenvalue weighted by molar-refractivity contribution is 6.33. The number of hydrogen-bond donors (Lipinski definition) is 2. The summed E-state index contributed by atoms with van der Waals surface area (Å²) in [6.07, 6.45) is 4.07. The van der Waals surface area contributed by atoms with E-state index < -0.39 is 29.7 Å². The van der Waals surface area contributed by atoms with Crippen molar-refractivity contribution < 1.29 is 24.0 Å². The van der Waals surface area contributed by atoms with Crippen LogP contribution in [0.25, 0.3) is 4.85 Å². The number of rotatable bonds is 7. The fourth-order valence-corrected chi connectivity index (χ4v) is 8.91. The molecule has 4 fully saturated rings. The Kier molecular flexibility index (Phi) is 10.7. The third-order valence-corrected chi connectivity index (χ3v) is 12.2. The minimum absolute atomic E-state index is 0.0768. The lowest BCUT2D eigenvalue weighted by Gasteiger charge is -2.41. The number of nitrogens with zero attached hydrogens (tertiary/aromatic N) is 8. The fourth-order valence-electron chi connectivity index (χ4n) is 8.69. The van der Waals surface area contributed by atoms with Crippen molar-refractivity contribution >= 4 is 69.8 Å². The largest absolute Gasteiger partial charge is 0.369 e. The molecule has 3 aromatic rings. The van der Waals surface area contributed by atoms with E-state index in [0.717, 1.165) is 80.7 Å². The van der Waals surface area contributed by atoms with Crippen LogP contribution in [0, 0.1) is 12.5 Å². The van der Waals surface area contributed by atoms with Gasteiger partial charge in [-0.3, -0.25) is 34.3 Å². The molecule has 16 heteroatoms. The van der Waals surface area contributed by atoms with Crippen molar-refractivity contribution in [1.29, 1.82) is 0 Å². The van der Waals surface area contributed by atoms with Crippen molar-refractivity contribution in [2.75, 3.05) is 85.5 Å². The van der Waals surface area contributed by atoms with Crippen LogP contribution in [0.15, 0.2) is 54.7 Å². The minimum Gasteiger partial charge on any atom is -0.369 e. The first-order chi connectivity index (χ1) is 27.6. The van der Waals surface area contributed by atoms with Crippen molar-refractivity contribution in [3.8, 4) is 0 Å². The second kappa shape index (κ2) is 16.0. The van der Waals surface area contributed by atoms with Gasteiger partial charge in [0.1, 0.15) is 11.9 Å². The van der Waals surface area contributed by atoms with Gasteiger partial charge >= 0.3 is 6.03 Å². The standard InChI is InChI=1S/C41H45ClN10O5/c1-26-24-50(19-20-51(26)30-5-7-34(43-2)33(42)22-30)41(57)45-28-3-9-36(44-23-28)49-13-11-27(12-14-49)25-47-15-17-48(18-16-47)29-4-6-31-32(21-29)40(56)52(39(31)55)35-8-10-37(53)46-38(35)54/h3-7,9,21-23,26-27,35H,8,10-20,24-25H2,1H3,(H,45,57)(H,46,53,54)/t26-,35?/m0/s1. The van der Waals surface area contributed by atoms with E-state index in [4.69, 9.17) is 23.2 Å². The van der Waals surface area contributed by atoms with Crippen molar-refractivity contribution in [2.45, 2.75) is 44.7 Å². The molecule has 1 aromatic heterocycles. The Hall–Kier alpha value is -5.72. The number of aromatic nitrogens is 1. The summed E-state index contributed by atoms with van der Waals surface area (Å²) in [6.45, 7) is 17.3. The number of hydrogen-bond acceptors (Lipinski definition) is 10. The van der Waals surface area contributed by atoms with Crippen molar-refractivity contribution in [3.05, 3.63) is 82.3 Å². The Morgan fingerprint density at radius 3 is 2.32 bits per heavy atom. The number of amides is 6. The minimum atomic E-state index is -0.974. The average Bonchev–Trinajstić information content (AvgIpc) is 3.46. The number of pyridine rings is 1. The van der Waals surface area contributed by atoms with Gasteiger partial charge in [-0.05, 0) is 74.6 Å². The van der Waals surface area contributed by atoms with Crippen LogP contribution in [0.1, 0.15) is 53.3 Å². The second-order valence-electron chi connectivity index (χ2n) is 15.5. The first kappa shape index (κ1) is 38.2. The highest BCUT2D eigenvalue weighted by Crippen LogP contribution is 2.33. The summed E-state index contributed by atoms with van der Waals surface area (Å²) in [5, 5.41) is 5.68. The molecule has 57 heavy (non-hydrogen) atoms. The molecule has 0 aliphatic carbocycles. The molecular formula is C41H45ClN10O5. The van der Waals surface area contributed by atoms with E-state index in [-0.39, 0.29) is 24.9 Å². The Morgan fingerprint density at radius 2 is 1.63 bits per heavy atom. The fraction of sp³-hybridized carbons (Fsp3) is 0.439. The summed E-state index contributed by atoms with van der Waals surface area (Å²) in [7, 11) is 0. The van der Waals surface area contributed by atoms with Crippen molar-refractivity contribution in [3.63, 3.8) is 0 Å². The molecule has 0 spiro atoms. The van der Waals surface area contributed by atoms with Gasteiger partial charge in [0.05, 0.1) is 29.6 Å². The zero-order valence-electron chi connectivity index (χ0n) is 31.8. The number of carbonyl (C=O) groups excluding carboxylic acids is 5. The third kappa shape index (κ3) is 7.84. The predicted molar refractivity (Wildman–Crippen MR) is 216 cm³/mol. The number of benzene rings is 2. The molecule has 0 bridgehead atoms. The van der Waals surface area contributed by atoms with Gasteiger partial charge in [0.15, 0.2) is 0 Å². The number of piperazine rings is 2. The number of nitrogens with one attached hydrogen (secondary N) is 2. The molecule has 0 radical (unpaired) electrons. The zero-order valence-corrected chi connectivity index (χ0v) is 32.6. The first-order valence-electron chi connectivity index (χ1n) is 19.6. The summed E-state index contributed by atoms with van der Waals surface area (Å²) in [5.41, 5.74) is 3.51. The molecule has 0 saturated carbocycles. The number of halogens is 1. The molecule has 5 aliphatic heterocycles. The van der Waals surface area contributed by atoms with Gasteiger partial charge in [0.25, 0.3) is 11.8 Å². The molecule has 5 aliphatic rings. The van der Waals surface area contributed by atoms with Gasteiger partial charge in [-0.2, -0.15) is 0 Å². The molecule has 296 valence electrons. The van der Waals surface area contributed by atoms with Gasteiger partial charge in [-0.1, -0.05) is 17.7 Å². The van der Waals surface area contributed by atoms with E-state index >= 15 is 0 Å². The maximum absolute atomic E-state index is 13.3. The quantitative estimate of drug-likeness (QED) is 0.260. The maximum atomic E-state index is 13.3. The number of fused-ring (bicyclic) bond motifs is 1. The molecule has 15 nitrogen and oxygen atoms in total. The van der Waals surface area contributed by atoms with Crippen LogP contribution in [0.5, 0.6) is 0 Å². The SMILES string of the molecule is [C-]#[N+]c1ccc(N2CCN(C(=O)Nc3ccc(N4CCC(CN5CCN(c6ccc7c(c6)C(=O)N(C6CCC(=O)NC6=O)C7=O)CC5)CC4)nc3)C[C@@H]2C)cc1Cl. The van der Waals surface area contributed by atoms with Gasteiger partial charge in [-0.15, -0.1) is 0 Å². The number of imide groups is 2. The van der Waals surface area contributed by atoms with E-state index in [9.17, 15) is 24.0 Å². The van der Waals surface area contributed by atoms with Crippen LogP contribution in [-0.2, 0) is 9.59 Å². The molecule has 2 atom stereocenters. The summed E-state index contributed by atoms with van der Waals surface area (Å²) >= 11 is 6.28. The lowest BCUT2D eigenvalue weighted by Crippen LogP contribution is -2.54. The summed E-state index contributed by atoms with van der Waals surface area (Å²) in [4.78, 5) is 83.8. The highest BCUT2D eigenvalue weighted by atomic mass is 35.5. The number of urea groups is 1. The van der Waals surface area contributed by atoms with E-state index in [0.29, 0.717) is 53.1 Å². The normalized spacial score (nSPS) is 22.1. The second-order valence-corrected chi connectivity index (χ2v) is 15.9. The van der Waals surface area contributed by atoms with Crippen molar-refractivity contribution in [1.82, 2.24) is 25.0 Å². The zero-order chi connectivity index (χ0) is 39.8. The van der Waals surface area contributed by atoms with E-state index in [2.05, 4.69) is 42.0 Å². The lowest BCUT2D eigenvalue weighted by molar-refractivity contribution is -0.136. The molecule has 2 N–H and O–H groups in total. The summed E-state index contributed by atoms with van der Waals surface area (Å²) in [6, 6.07) is 13.6. The Balaban J connectivity index is 0.769. The smallest absolute Gasteiger partial charge is 0.322 e. The van der Waals surface area contributed by atoms with Gasteiger partial charge in [-0.25, -0.2) is 14.6 Å². The van der Waals surface area contributed by atoms with Crippen molar-refractivity contribution in [2.24, 2.45) is 5.92 Å². The van der Waals surface area contributed by atoms with Crippen LogP contribution < -0.4 is 25.3 Å². The summed E-state index contributed by atoms with van der Waals surface area (Å²) in [5.74, 6) is -0.501. The van der Waals surface area contributed by atoms with Crippen LogP contribution >= 0.6 is 11.6 Å². The Morgan fingerprint density at radius 1 is 0.877 bits per heavy atom. The van der Waals surface area contributed by atoms with E-state index in [1.807, 2.05) is 35.2 Å². The molecule has 8 rings (SSSR count). The molecular weight excluding hydrogens is 748 g/mol. The van der Waals surface area contributed by atoms with E-state index in [1.165, 1.54) is 0 Å². The van der Waals surface area contributed by atoms with Gasteiger partial charge < -0.3 is 24.9 Å². The van der Waals surface area contributed by atoms with Crippen LogP contribution in [-0.4, -0.2) is 127 Å². The van der Waals surface area contributed by atoms with Crippen LogP contribution in [0.3, 0.4) is 0 Å². The Labute approximate surface area is 336 Å². The third-order valence-electron chi connectivity index (χ3n) is 11.9. The molecule has 4 saturated heterocycles. The van der Waals surface area contributed by atoms with Gasteiger partial charge in [0, 0.05) is 94.3 Å². The average molecular weight is 793 g/mol. The molecule has 1 unspecified atom stereocenters. The monoisotopic (exact) mass is 792 g/mol. The van der Waals surface area contributed by atoms with Gasteiger partial charge in [0.2, 0.25) is 17.5 Å². The first-order valence-corrected chi connectivity index (χ1v) is 20.0.